The van der Waals surface area contributed by atoms with E-state index in [1.54, 1.807) is 15.2 Å². The number of amides is 2. The molecule has 1 aliphatic heterocycles. The van der Waals surface area contributed by atoms with Gasteiger partial charge in [0.25, 0.3) is 0 Å². The van der Waals surface area contributed by atoms with Crippen LogP contribution in [0.25, 0.3) is 0 Å². The summed E-state index contributed by atoms with van der Waals surface area (Å²) in [6.07, 6.45) is 14.4. The highest BCUT2D eigenvalue weighted by Crippen LogP contribution is 2.38. The van der Waals surface area contributed by atoms with Crippen molar-refractivity contribution in [2.75, 3.05) is 29.9 Å². The van der Waals surface area contributed by atoms with E-state index in [0.717, 1.165) is 50.3 Å². The van der Waals surface area contributed by atoms with Gasteiger partial charge in [-0.2, -0.15) is 5.10 Å². The second kappa shape index (κ2) is 11.4. The predicted molar refractivity (Wildman–Crippen MR) is 129 cm³/mol. The summed E-state index contributed by atoms with van der Waals surface area (Å²) in [5.74, 6) is 0. The van der Waals surface area contributed by atoms with Gasteiger partial charge in [0.05, 0.1) is 11.9 Å². The highest BCUT2D eigenvalue weighted by Gasteiger charge is 2.24. The van der Waals surface area contributed by atoms with Crippen LogP contribution >= 0.6 is 12.8 Å². The molecule has 1 aromatic carbocycles. The summed E-state index contributed by atoms with van der Waals surface area (Å²) in [4.78, 5) is 11.1. The summed E-state index contributed by atoms with van der Waals surface area (Å²) >= 11 is 4.08. The normalized spacial score (nSPS) is 16.2. The van der Waals surface area contributed by atoms with Gasteiger partial charge in [-0.3, -0.25) is 4.68 Å². The molecular weight excluding hydrogens is 410 g/mol. The van der Waals surface area contributed by atoms with Gasteiger partial charge in [-0.05, 0) is 80.0 Å². The Morgan fingerprint density at radius 2 is 1.71 bits per heavy atom. The molecule has 0 bridgehead atoms. The Labute approximate surface area is 190 Å². The fourth-order valence-electron chi connectivity index (χ4n) is 4.35. The summed E-state index contributed by atoms with van der Waals surface area (Å²) < 4.78 is 8.52. The molecule has 0 spiro atoms. The number of aryl methyl sites for hydroxylation is 3. The molecule has 5 rings (SSSR count). The van der Waals surface area contributed by atoms with Gasteiger partial charge < -0.3 is 20.1 Å². The number of hydrogen-bond acceptors (Lipinski definition) is 5. The van der Waals surface area contributed by atoms with Crippen LogP contribution in [0.3, 0.4) is 0 Å². The van der Waals surface area contributed by atoms with E-state index in [1.165, 1.54) is 54.4 Å². The number of urea groups is 1. The molecule has 170 valence electrons. The molecule has 2 aromatic rings. The van der Waals surface area contributed by atoms with E-state index in [-0.39, 0.29) is 0 Å². The molecule has 0 unspecified atom stereocenters. The highest BCUT2D eigenvalue weighted by atomic mass is 32.1. The number of ether oxygens (including phenoxy) is 1. The van der Waals surface area contributed by atoms with Crippen molar-refractivity contribution in [2.45, 2.75) is 57.8 Å². The Hall–Kier alpha value is -2.19. The lowest BCUT2D eigenvalue weighted by molar-refractivity contribution is 0.0968. The maximum Gasteiger partial charge on any atom is 0.316 e. The largest absolute Gasteiger partial charge is 0.381 e. The lowest BCUT2D eigenvalue weighted by Crippen LogP contribution is -2.21. The number of aromatic nitrogens is 2. The van der Waals surface area contributed by atoms with Crippen LogP contribution in [0.15, 0.2) is 18.5 Å². The molecule has 1 aromatic heterocycles. The first-order chi connectivity index (χ1) is 15.0. The zero-order chi connectivity index (χ0) is 22.2. The van der Waals surface area contributed by atoms with Gasteiger partial charge in [0, 0.05) is 39.2 Å². The second-order valence-corrected chi connectivity index (χ2v) is 8.89. The van der Waals surface area contributed by atoms with E-state index >= 15 is 0 Å². The zero-order valence-electron chi connectivity index (χ0n) is 18.7. The third kappa shape index (κ3) is 6.64. The standard InChI is InChI=1S/C13H16N2O.C5H9N3S.C5H10O/c14-13(16)15-12-10-5-1-3-8(10)7-9-4-2-6-11(9)12;1-7-4-5(3-6-7)8(2)9;1-2-4-6-5-3-1/h7H,1-6H2,(H3,14,15,16);3-4,9H,1-2H3;1-5H2. The van der Waals surface area contributed by atoms with Gasteiger partial charge in [-0.15, -0.1) is 0 Å². The summed E-state index contributed by atoms with van der Waals surface area (Å²) in [7, 11) is 3.74. The lowest BCUT2D eigenvalue weighted by atomic mass is 9.99. The maximum absolute atomic E-state index is 11.1. The maximum atomic E-state index is 11.1. The number of thiol groups is 1. The van der Waals surface area contributed by atoms with Gasteiger partial charge in [0.2, 0.25) is 0 Å². The van der Waals surface area contributed by atoms with Crippen LogP contribution in [-0.2, 0) is 37.5 Å². The minimum Gasteiger partial charge on any atom is -0.381 e. The van der Waals surface area contributed by atoms with Crippen molar-refractivity contribution in [2.24, 2.45) is 12.8 Å². The first-order valence-electron chi connectivity index (χ1n) is 11.2. The van der Waals surface area contributed by atoms with Crippen molar-refractivity contribution >= 4 is 30.2 Å². The van der Waals surface area contributed by atoms with Crippen molar-refractivity contribution in [3.63, 3.8) is 0 Å². The lowest BCUT2D eigenvalue weighted by Gasteiger charge is -2.14. The molecule has 2 aliphatic carbocycles. The van der Waals surface area contributed by atoms with Crippen LogP contribution in [0.5, 0.6) is 0 Å². The minimum atomic E-state index is -0.436. The molecule has 31 heavy (non-hydrogen) atoms. The molecule has 0 saturated carbocycles. The number of carbonyl (C=O) groups excluding carboxylic acids is 1. The fourth-order valence-corrected chi connectivity index (χ4v) is 4.46. The first-order valence-corrected chi connectivity index (χ1v) is 11.6. The van der Waals surface area contributed by atoms with Gasteiger partial charge >= 0.3 is 6.03 Å². The van der Waals surface area contributed by atoms with Crippen LogP contribution in [0.1, 0.15) is 54.4 Å². The number of anilines is 2. The molecular formula is C23H35N5O2S. The van der Waals surface area contributed by atoms with Crippen LogP contribution < -0.4 is 15.4 Å². The molecule has 2 amide bonds. The Bertz CT molecular complexity index is 833. The minimum absolute atomic E-state index is 0.436. The van der Waals surface area contributed by atoms with Crippen molar-refractivity contribution in [3.05, 3.63) is 40.7 Å². The molecule has 3 aliphatic rings. The average Bonchev–Trinajstić information content (AvgIpc) is 3.50. The average molecular weight is 446 g/mol. The quantitative estimate of drug-likeness (QED) is 0.609. The monoisotopic (exact) mass is 445 g/mol. The van der Waals surface area contributed by atoms with E-state index in [1.807, 2.05) is 20.3 Å². The number of nitrogens with one attached hydrogen (secondary N) is 1. The van der Waals surface area contributed by atoms with Crippen molar-refractivity contribution < 1.29 is 9.53 Å². The van der Waals surface area contributed by atoms with E-state index in [4.69, 9.17) is 10.5 Å². The third-order valence-corrected chi connectivity index (χ3v) is 6.09. The number of carbonyl (C=O) groups is 1. The molecule has 3 N–H and O–H groups in total. The smallest absolute Gasteiger partial charge is 0.316 e. The van der Waals surface area contributed by atoms with Crippen LogP contribution in [0.2, 0.25) is 0 Å². The number of nitrogens with two attached hydrogens (primary N) is 1. The molecule has 1 saturated heterocycles. The predicted octanol–water partition coefficient (Wildman–Crippen LogP) is 4.04. The summed E-state index contributed by atoms with van der Waals surface area (Å²) in [5.41, 5.74) is 12.8. The molecule has 7 nitrogen and oxygen atoms in total. The molecule has 1 fully saturated rings. The van der Waals surface area contributed by atoms with Crippen LogP contribution in [0.4, 0.5) is 16.2 Å². The Morgan fingerprint density at radius 3 is 2.06 bits per heavy atom. The fraction of sp³-hybridized carbons (Fsp3) is 0.565. The highest BCUT2D eigenvalue weighted by molar-refractivity contribution is 7.81. The number of fused-ring (bicyclic) bond motifs is 2. The Morgan fingerprint density at radius 1 is 1.10 bits per heavy atom. The topological polar surface area (TPSA) is 85.4 Å². The molecule has 2 heterocycles. The van der Waals surface area contributed by atoms with Crippen molar-refractivity contribution in [3.8, 4) is 0 Å². The molecule has 0 radical (unpaired) electrons. The van der Waals surface area contributed by atoms with Gasteiger partial charge in [0.1, 0.15) is 0 Å². The number of primary amides is 1. The van der Waals surface area contributed by atoms with Crippen LogP contribution in [-0.4, -0.2) is 36.1 Å². The van der Waals surface area contributed by atoms with Crippen LogP contribution in [0, 0.1) is 0 Å². The number of hydrogen-bond donors (Lipinski definition) is 3. The van der Waals surface area contributed by atoms with Gasteiger partial charge in [0.15, 0.2) is 0 Å². The SMILES string of the molecule is C1CCOCC1.CN(S)c1cnn(C)c1.NC(=O)Nc1c2c(cc3c1CCC3)CCC2. The summed E-state index contributed by atoms with van der Waals surface area (Å²) in [5, 5.41) is 6.81. The Kier molecular flexibility index (Phi) is 8.66. The second-order valence-electron chi connectivity index (χ2n) is 8.29. The number of nitrogens with zero attached hydrogens (tertiary/aromatic N) is 3. The van der Waals surface area contributed by atoms with Gasteiger partial charge in [-0.25, -0.2) is 4.79 Å². The number of benzene rings is 1. The van der Waals surface area contributed by atoms with Crippen molar-refractivity contribution in [1.29, 1.82) is 0 Å². The van der Waals surface area contributed by atoms with Gasteiger partial charge in [-0.1, -0.05) is 18.9 Å². The number of rotatable bonds is 2. The van der Waals surface area contributed by atoms with E-state index < -0.39 is 6.03 Å². The summed E-state index contributed by atoms with van der Waals surface area (Å²) in [6, 6.07) is 1.91. The van der Waals surface area contributed by atoms with E-state index in [9.17, 15) is 4.79 Å². The molecule has 8 heteroatoms. The third-order valence-electron chi connectivity index (χ3n) is 5.86. The van der Waals surface area contributed by atoms with E-state index in [2.05, 4.69) is 29.3 Å². The Balaban J connectivity index is 0.000000153. The first kappa shape index (κ1) is 23.5. The van der Waals surface area contributed by atoms with Crippen molar-refractivity contribution in [1.82, 2.24) is 9.78 Å². The summed E-state index contributed by atoms with van der Waals surface area (Å²) in [6.45, 7) is 2.00. The molecule has 0 atom stereocenters. The zero-order valence-corrected chi connectivity index (χ0v) is 19.6. The van der Waals surface area contributed by atoms with E-state index in [0.29, 0.717) is 0 Å².